The highest BCUT2D eigenvalue weighted by Crippen LogP contribution is 2.36. The van der Waals surface area contributed by atoms with E-state index in [9.17, 15) is 9.59 Å². The summed E-state index contributed by atoms with van der Waals surface area (Å²) in [6.45, 7) is 0.260. The molecule has 2 heterocycles. The van der Waals surface area contributed by atoms with Crippen LogP contribution in [0.4, 0.5) is 0 Å². The molecule has 5 nitrogen and oxygen atoms in total. The summed E-state index contributed by atoms with van der Waals surface area (Å²) in [5, 5.41) is 0.447. The predicted molar refractivity (Wildman–Crippen MR) is 92.3 cm³/mol. The first-order valence-electron chi connectivity index (χ1n) is 7.45. The van der Waals surface area contributed by atoms with E-state index >= 15 is 0 Å². The molecule has 0 saturated heterocycles. The highest BCUT2D eigenvalue weighted by atomic mass is 35.5. The summed E-state index contributed by atoms with van der Waals surface area (Å²) in [7, 11) is 0. The van der Waals surface area contributed by atoms with Gasteiger partial charge in [0.25, 0.3) is 11.8 Å². The number of imide groups is 1. The molecule has 0 N–H and O–H groups in total. The molecule has 2 aromatic carbocycles. The highest BCUT2D eigenvalue weighted by molar-refractivity contribution is 6.55. The van der Waals surface area contributed by atoms with Crippen LogP contribution in [0.25, 0.3) is 5.57 Å². The van der Waals surface area contributed by atoms with E-state index in [1.54, 1.807) is 42.5 Å². The van der Waals surface area contributed by atoms with Crippen LogP contribution in [-0.2, 0) is 16.1 Å². The lowest BCUT2D eigenvalue weighted by Gasteiger charge is -2.15. The van der Waals surface area contributed by atoms with Crippen molar-refractivity contribution in [1.82, 2.24) is 4.90 Å². The summed E-state index contributed by atoms with van der Waals surface area (Å²) in [6.07, 6.45) is 0. The van der Waals surface area contributed by atoms with Crippen LogP contribution in [0.15, 0.2) is 47.5 Å². The number of carbonyl (C=O) groups is 2. The quantitative estimate of drug-likeness (QED) is 0.769. The molecule has 2 aliphatic rings. The Balaban J connectivity index is 1.61. The number of hydrogen-bond acceptors (Lipinski definition) is 4. The normalized spacial score (nSPS) is 16.2. The van der Waals surface area contributed by atoms with Crippen LogP contribution in [-0.4, -0.2) is 23.5 Å². The molecule has 2 amide bonds. The zero-order valence-electron chi connectivity index (χ0n) is 12.8. The van der Waals surface area contributed by atoms with Gasteiger partial charge in [0.05, 0.1) is 12.1 Å². The van der Waals surface area contributed by atoms with Gasteiger partial charge in [0.1, 0.15) is 5.03 Å². The second kappa shape index (κ2) is 6.10. The van der Waals surface area contributed by atoms with Crippen LogP contribution >= 0.6 is 23.2 Å². The van der Waals surface area contributed by atoms with Crippen LogP contribution in [0.1, 0.15) is 11.1 Å². The molecule has 2 aliphatic heterocycles. The third-order valence-corrected chi connectivity index (χ3v) is 4.62. The Morgan fingerprint density at radius 1 is 0.920 bits per heavy atom. The number of hydrogen-bond donors (Lipinski definition) is 0. The second-order valence-corrected chi connectivity index (χ2v) is 6.39. The van der Waals surface area contributed by atoms with Crippen LogP contribution in [0.3, 0.4) is 0 Å². The van der Waals surface area contributed by atoms with E-state index in [1.165, 1.54) is 0 Å². The Morgan fingerprint density at radius 3 is 2.40 bits per heavy atom. The van der Waals surface area contributed by atoms with Gasteiger partial charge >= 0.3 is 0 Å². The van der Waals surface area contributed by atoms with E-state index in [1.807, 2.05) is 0 Å². The molecule has 0 unspecified atom stereocenters. The summed E-state index contributed by atoms with van der Waals surface area (Å²) in [5.74, 6) is 0.277. The Labute approximate surface area is 153 Å². The molecule has 4 rings (SSSR count). The first kappa shape index (κ1) is 16.0. The SMILES string of the molecule is O=C1C(Cl)=C(c2ccc(Cl)cc2)C(=O)N1Cc1ccc2c(c1)OCO2. The predicted octanol–water partition coefficient (Wildman–Crippen LogP) is 3.59. The lowest BCUT2D eigenvalue weighted by atomic mass is 10.1. The number of amides is 2. The minimum absolute atomic E-state index is 0.0898. The van der Waals surface area contributed by atoms with E-state index < -0.39 is 11.8 Å². The largest absolute Gasteiger partial charge is 0.454 e. The van der Waals surface area contributed by atoms with Crippen molar-refractivity contribution in [2.24, 2.45) is 0 Å². The van der Waals surface area contributed by atoms with Crippen molar-refractivity contribution < 1.29 is 19.1 Å². The fourth-order valence-electron chi connectivity index (χ4n) is 2.78. The van der Waals surface area contributed by atoms with Crippen molar-refractivity contribution in [2.75, 3.05) is 6.79 Å². The van der Waals surface area contributed by atoms with Crippen LogP contribution in [0.5, 0.6) is 11.5 Å². The van der Waals surface area contributed by atoms with Gasteiger partial charge in [-0.05, 0) is 35.4 Å². The Bertz CT molecular complexity index is 921. The molecule has 0 atom stereocenters. The van der Waals surface area contributed by atoms with Crippen molar-refractivity contribution in [3.63, 3.8) is 0 Å². The smallest absolute Gasteiger partial charge is 0.273 e. The zero-order valence-corrected chi connectivity index (χ0v) is 14.3. The summed E-state index contributed by atoms with van der Waals surface area (Å²) in [5.41, 5.74) is 1.48. The molecule has 0 spiro atoms. The van der Waals surface area contributed by atoms with Gasteiger partial charge in [0.2, 0.25) is 6.79 Å². The van der Waals surface area contributed by atoms with E-state index in [0.29, 0.717) is 22.1 Å². The first-order valence-corrected chi connectivity index (χ1v) is 8.20. The van der Waals surface area contributed by atoms with Gasteiger partial charge in [-0.15, -0.1) is 0 Å². The average molecular weight is 376 g/mol. The fraction of sp³-hybridized carbons (Fsp3) is 0.111. The minimum Gasteiger partial charge on any atom is -0.454 e. The maximum Gasteiger partial charge on any atom is 0.273 e. The molecule has 0 saturated carbocycles. The molecule has 2 aromatic rings. The molecule has 0 bridgehead atoms. The third-order valence-electron chi connectivity index (χ3n) is 4.02. The average Bonchev–Trinajstić information content (AvgIpc) is 3.15. The van der Waals surface area contributed by atoms with Crippen molar-refractivity contribution in [1.29, 1.82) is 0 Å². The first-order chi connectivity index (χ1) is 12.0. The Kier molecular flexibility index (Phi) is 3.90. The number of carbonyl (C=O) groups excluding carboxylic acids is 2. The number of halogens is 2. The van der Waals surface area contributed by atoms with Crippen LogP contribution in [0.2, 0.25) is 5.02 Å². The Hall–Kier alpha value is -2.50. The van der Waals surface area contributed by atoms with E-state index in [0.717, 1.165) is 10.5 Å². The molecule has 126 valence electrons. The molecule has 0 fully saturated rings. The second-order valence-electron chi connectivity index (χ2n) is 5.58. The Morgan fingerprint density at radius 2 is 1.64 bits per heavy atom. The molecule has 25 heavy (non-hydrogen) atoms. The zero-order chi connectivity index (χ0) is 17.6. The van der Waals surface area contributed by atoms with Gasteiger partial charge in [-0.2, -0.15) is 0 Å². The summed E-state index contributed by atoms with van der Waals surface area (Å²) in [4.78, 5) is 26.3. The van der Waals surface area contributed by atoms with Crippen molar-refractivity contribution in [3.05, 3.63) is 63.6 Å². The monoisotopic (exact) mass is 375 g/mol. The number of fused-ring (bicyclic) bond motifs is 1. The van der Waals surface area contributed by atoms with Gasteiger partial charge in [-0.25, -0.2) is 0 Å². The van der Waals surface area contributed by atoms with Gasteiger partial charge < -0.3 is 9.47 Å². The topological polar surface area (TPSA) is 55.8 Å². The lowest BCUT2D eigenvalue weighted by molar-refractivity contribution is -0.137. The van der Waals surface area contributed by atoms with Gasteiger partial charge in [-0.1, -0.05) is 41.4 Å². The molecular formula is C18H11Cl2NO4. The number of benzene rings is 2. The number of rotatable bonds is 3. The summed E-state index contributed by atoms with van der Waals surface area (Å²) < 4.78 is 10.6. The van der Waals surface area contributed by atoms with Crippen LogP contribution in [0, 0.1) is 0 Å². The van der Waals surface area contributed by atoms with Crippen molar-refractivity contribution in [2.45, 2.75) is 6.54 Å². The number of ether oxygens (including phenoxy) is 2. The molecular weight excluding hydrogens is 365 g/mol. The van der Waals surface area contributed by atoms with Gasteiger partial charge in [-0.3, -0.25) is 14.5 Å². The third kappa shape index (κ3) is 2.75. The summed E-state index contributed by atoms with van der Waals surface area (Å²) in [6, 6.07) is 11.9. The molecule has 0 aliphatic carbocycles. The van der Waals surface area contributed by atoms with Gasteiger partial charge in [0.15, 0.2) is 11.5 Å². The van der Waals surface area contributed by atoms with Crippen molar-refractivity contribution in [3.8, 4) is 11.5 Å². The fourth-order valence-corrected chi connectivity index (χ4v) is 3.20. The maximum absolute atomic E-state index is 12.7. The minimum atomic E-state index is -0.519. The molecule has 7 heteroatoms. The highest BCUT2D eigenvalue weighted by Gasteiger charge is 2.38. The van der Waals surface area contributed by atoms with Crippen molar-refractivity contribution >= 4 is 40.6 Å². The van der Waals surface area contributed by atoms with Crippen LogP contribution < -0.4 is 9.47 Å². The number of nitrogens with zero attached hydrogens (tertiary/aromatic N) is 1. The lowest BCUT2D eigenvalue weighted by Crippen LogP contribution is -2.30. The van der Waals surface area contributed by atoms with E-state index in [2.05, 4.69) is 0 Å². The molecule has 0 aromatic heterocycles. The standard InChI is InChI=1S/C18H11Cl2NO4/c19-12-4-2-11(3-5-12)15-16(20)18(23)21(17(15)22)8-10-1-6-13-14(7-10)25-9-24-13/h1-7H,8-9H2. The van der Waals surface area contributed by atoms with E-state index in [-0.39, 0.29) is 23.9 Å². The maximum atomic E-state index is 12.7. The molecule has 0 radical (unpaired) electrons. The van der Waals surface area contributed by atoms with E-state index in [4.69, 9.17) is 32.7 Å². The summed E-state index contributed by atoms with van der Waals surface area (Å²) >= 11 is 12.0. The van der Waals surface area contributed by atoms with Gasteiger partial charge in [0, 0.05) is 5.02 Å².